The van der Waals surface area contributed by atoms with Crippen LogP contribution in [-0.2, 0) is 5.54 Å². The van der Waals surface area contributed by atoms with Gasteiger partial charge in [-0.05, 0) is 44.1 Å². The average Bonchev–Trinajstić information content (AvgIpc) is 2.49. The van der Waals surface area contributed by atoms with Crippen molar-refractivity contribution in [2.24, 2.45) is 5.92 Å². The zero-order valence-corrected chi connectivity index (χ0v) is 12.9. The highest BCUT2D eigenvalue weighted by Crippen LogP contribution is 2.31. The second-order valence-corrected chi connectivity index (χ2v) is 7.01. The van der Waals surface area contributed by atoms with E-state index in [0.29, 0.717) is 0 Å². The van der Waals surface area contributed by atoms with Crippen molar-refractivity contribution in [2.75, 3.05) is 19.6 Å². The van der Waals surface area contributed by atoms with Crippen LogP contribution in [0.2, 0.25) is 0 Å². The summed E-state index contributed by atoms with van der Waals surface area (Å²) in [7, 11) is 0. The minimum Gasteiger partial charge on any atom is -0.305 e. The fraction of sp³-hybridized carbons (Fsp3) is 0.667. The van der Waals surface area contributed by atoms with Gasteiger partial charge in [-0.1, -0.05) is 37.3 Å². The topological polar surface area (TPSA) is 15.3 Å². The summed E-state index contributed by atoms with van der Waals surface area (Å²) in [5.74, 6) is 0.940. The Morgan fingerprint density at radius 3 is 2.50 bits per heavy atom. The summed E-state index contributed by atoms with van der Waals surface area (Å²) >= 11 is 0. The van der Waals surface area contributed by atoms with Crippen molar-refractivity contribution in [3.8, 4) is 0 Å². The Labute approximate surface area is 123 Å². The van der Waals surface area contributed by atoms with Crippen molar-refractivity contribution in [1.82, 2.24) is 10.2 Å². The van der Waals surface area contributed by atoms with E-state index < -0.39 is 0 Å². The van der Waals surface area contributed by atoms with E-state index in [4.69, 9.17) is 0 Å². The van der Waals surface area contributed by atoms with Crippen LogP contribution in [0.3, 0.4) is 0 Å². The van der Waals surface area contributed by atoms with Gasteiger partial charge >= 0.3 is 0 Å². The van der Waals surface area contributed by atoms with Crippen LogP contribution in [0.25, 0.3) is 0 Å². The molecule has 1 saturated heterocycles. The molecule has 1 aromatic rings. The summed E-state index contributed by atoms with van der Waals surface area (Å²) in [4.78, 5) is 2.75. The fourth-order valence-corrected chi connectivity index (χ4v) is 3.94. The lowest BCUT2D eigenvalue weighted by Crippen LogP contribution is -2.59. The van der Waals surface area contributed by atoms with Gasteiger partial charge in [-0.25, -0.2) is 0 Å². The molecular formula is C18H28N2. The Balaban J connectivity index is 1.70. The van der Waals surface area contributed by atoms with E-state index in [0.717, 1.165) is 25.0 Å². The van der Waals surface area contributed by atoms with Crippen molar-refractivity contribution in [3.63, 3.8) is 0 Å². The number of benzene rings is 1. The molecule has 110 valence electrons. The van der Waals surface area contributed by atoms with Gasteiger partial charge in [-0.2, -0.15) is 0 Å². The fourth-order valence-electron chi connectivity index (χ4n) is 3.94. The highest BCUT2D eigenvalue weighted by molar-refractivity contribution is 5.25. The van der Waals surface area contributed by atoms with Crippen LogP contribution < -0.4 is 5.32 Å². The van der Waals surface area contributed by atoms with E-state index in [2.05, 4.69) is 54.4 Å². The first-order valence-corrected chi connectivity index (χ1v) is 8.22. The lowest BCUT2D eigenvalue weighted by atomic mass is 9.84. The molecule has 2 fully saturated rings. The molecule has 0 radical (unpaired) electrons. The third kappa shape index (κ3) is 2.91. The zero-order chi connectivity index (χ0) is 14.0. The van der Waals surface area contributed by atoms with Crippen molar-refractivity contribution >= 4 is 0 Å². The molecule has 0 spiro atoms. The Hall–Kier alpha value is -0.860. The molecular weight excluding hydrogens is 244 g/mol. The lowest BCUT2D eigenvalue weighted by Gasteiger charge is -2.46. The summed E-state index contributed by atoms with van der Waals surface area (Å²) in [6, 6.07) is 11.8. The summed E-state index contributed by atoms with van der Waals surface area (Å²) in [5.41, 5.74) is 1.54. The maximum Gasteiger partial charge on any atom is 0.0535 e. The first-order chi connectivity index (χ1) is 9.67. The average molecular weight is 272 g/mol. The molecule has 1 aliphatic heterocycles. The van der Waals surface area contributed by atoms with Gasteiger partial charge in [0.15, 0.2) is 0 Å². The van der Waals surface area contributed by atoms with Gasteiger partial charge in [-0.3, -0.25) is 4.90 Å². The Morgan fingerprint density at radius 1 is 1.10 bits per heavy atom. The Morgan fingerprint density at radius 2 is 1.80 bits per heavy atom. The van der Waals surface area contributed by atoms with Gasteiger partial charge in [0.1, 0.15) is 0 Å². The van der Waals surface area contributed by atoms with Crippen molar-refractivity contribution < 1.29 is 0 Å². The summed E-state index contributed by atoms with van der Waals surface area (Å²) < 4.78 is 0. The number of rotatable bonds is 2. The van der Waals surface area contributed by atoms with Gasteiger partial charge < -0.3 is 5.32 Å². The van der Waals surface area contributed by atoms with E-state index in [9.17, 15) is 0 Å². The van der Waals surface area contributed by atoms with E-state index in [1.807, 2.05) is 0 Å². The van der Waals surface area contributed by atoms with Crippen LogP contribution in [0.15, 0.2) is 30.3 Å². The van der Waals surface area contributed by atoms with Crippen LogP contribution in [0.1, 0.15) is 45.1 Å². The molecule has 1 N–H and O–H groups in total. The normalized spacial score (nSPS) is 35.9. The molecule has 20 heavy (non-hydrogen) atoms. The highest BCUT2D eigenvalue weighted by Gasteiger charge is 2.35. The maximum atomic E-state index is 3.75. The number of hydrogen-bond donors (Lipinski definition) is 1. The number of piperazine rings is 1. The third-order valence-corrected chi connectivity index (χ3v) is 5.35. The summed E-state index contributed by atoms with van der Waals surface area (Å²) in [6.45, 7) is 8.23. The number of nitrogens with one attached hydrogen (secondary N) is 1. The molecule has 2 aliphatic rings. The highest BCUT2D eigenvalue weighted by atomic mass is 15.2. The predicted octanol–water partition coefficient (Wildman–Crippen LogP) is 3.39. The molecule has 1 saturated carbocycles. The second kappa shape index (κ2) is 5.87. The molecule has 2 heteroatoms. The first-order valence-electron chi connectivity index (χ1n) is 8.22. The van der Waals surface area contributed by atoms with E-state index in [1.54, 1.807) is 0 Å². The molecule has 3 rings (SSSR count). The van der Waals surface area contributed by atoms with E-state index in [1.165, 1.54) is 37.8 Å². The van der Waals surface area contributed by atoms with Crippen molar-refractivity contribution in [1.29, 1.82) is 0 Å². The van der Waals surface area contributed by atoms with Gasteiger partial charge in [0.05, 0.1) is 5.54 Å². The third-order valence-electron chi connectivity index (χ3n) is 5.35. The van der Waals surface area contributed by atoms with Crippen LogP contribution >= 0.6 is 0 Å². The summed E-state index contributed by atoms with van der Waals surface area (Å²) in [5, 5.41) is 3.75. The van der Waals surface area contributed by atoms with Crippen LogP contribution in [0.5, 0.6) is 0 Å². The lowest BCUT2D eigenvalue weighted by molar-refractivity contribution is 0.0721. The molecule has 2 nitrogen and oxygen atoms in total. The van der Waals surface area contributed by atoms with E-state index >= 15 is 0 Å². The molecule has 1 aliphatic carbocycles. The number of hydrogen-bond acceptors (Lipinski definition) is 2. The monoisotopic (exact) mass is 272 g/mol. The van der Waals surface area contributed by atoms with Gasteiger partial charge in [0.25, 0.3) is 0 Å². The minimum atomic E-state index is 0.114. The number of nitrogens with zero attached hydrogens (tertiary/aromatic N) is 1. The SMILES string of the molecule is CC1CCC(N2CCNC(C)(c3ccccc3)C2)CC1. The van der Waals surface area contributed by atoms with Gasteiger partial charge in [0, 0.05) is 25.7 Å². The quantitative estimate of drug-likeness (QED) is 0.888. The van der Waals surface area contributed by atoms with Crippen LogP contribution in [0.4, 0.5) is 0 Å². The molecule has 1 atom stereocenters. The standard InChI is InChI=1S/C18H28N2/c1-15-8-10-17(11-9-15)20-13-12-19-18(2,14-20)16-6-4-3-5-7-16/h3-7,15,17,19H,8-14H2,1-2H3. The second-order valence-electron chi connectivity index (χ2n) is 7.01. The van der Waals surface area contributed by atoms with Gasteiger partial charge in [-0.15, -0.1) is 0 Å². The van der Waals surface area contributed by atoms with Crippen molar-refractivity contribution in [2.45, 2.75) is 51.1 Å². The van der Waals surface area contributed by atoms with Crippen molar-refractivity contribution in [3.05, 3.63) is 35.9 Å². The molecule has 1 unspecified atom stereocenters. The summed E-state index contributed by atoms with van der Waals surface area (Å²) in [6.07, 6.45) is 5.62. The predicted molar refractivity (Wildman–Crippen MR) is 84.8 cm³/mol. The molecule has 0 amide bonds. The maximum absolute atomic E-state index is 3.75. The molecule has 0 aromatic heterocycles. The molecule has 1 heterocycles. The van der Waals surface area contributed by atoms with Gasteiger partial charge in [0.2, 0.25) is 0 Å². The first kappa shape index (κ1) is 14.1. The Bertz CT molecular complexity index is 422. The molecule has 0 bridgehead atoms. The van der Waals surface area contributed by atoms with Crippen LogP contribution in [0, 0.1) is 5.92 Å². The zero-order valence-electron chi connectivity index (χ0n) is 12.9. The van der Waals surface area contributed by atoms with Crippen LogP contribution in [-0.4, -0.2) is 30.6 Å². The minimum absolute atomic E-state index is 0.114. The largest absolute Gasteiger partial charge is 0.305 e. The Kier molecular flexibility index (Phi) is 4.13. The molecule has 1 aromatic carbocycles. The van der Waals surface area contributed by atoms with E-state index in [-0.39, 0.29) is 5.54 Å². The smallest absolute Gasteiger partial charge is 0.0535 e.